The van der Waals surface area contributed by atoms with E-state index in [2.05, 4.69) is 21.2 Å². The van der Waals surface area contributed by atoms with E-state index in [9.17, 15) is 9.59 Å². The Hall–Kier alpha value is -0.850. The maximum absolute atomic E-state index is 11.8. The molecule has 104 valence electrons. The number of nitrogens with two attached hydrogens (primary N) is 1. The van der Waals surface area contributed by atoms with Gasteiger partial charge >= 0.3 is 0 Å². The van der Waals surface area contributed by atoms with E-state index in [-0.39, 0.29) is 17.6 Å². The number of halogens is 1. The number of rotatable bonds is 6. The van der Waals surface area contributed by atoms with Crippen LogP contribution in [0.5, 0.6) is 0 Å². The maximum Gasteiger partial charge on any atom is 0.259 e. The van der Waals surface area contributed by atoms with E-state index in [4.69, 9.17) is 5.73 Å². The molecule has 0 aliphatic rings. The quantitative estimate of drug-likeness (QED) is 0.828. The average Bonchev–Trinajstić information content (AvgIpc) is 2.38. The van der Waals surface area contributed by atoms with Crippen molar-refractivity contribution in [2.75, 3.05) is 18.1 Å². The first kappa shape index (κ1) is 16.2. The highest BCUT2D eigenvalue weighted by molar-refractivity contribution is 9.10. The lowest BCUT2D eigenvalue weighted by molar-refractivity contribution is -0.117. The minimum atomic E-state index is -0.384. The van der Waals surface area contributed by atoms with E-state index in [1.165, 1.54) is 11.8 Å². The van der Waals surface area contributed by atoms with Crippen molar-refractivity contribution in [2.24, 2.45) is 11.7 Å². The van der Waals surface area contributed by atoms with Crippen molar-refractivity contribution in [1.82, 2.24) is 5.32 Å². The molecule has 1 aromatic rings. The molecule has 0 bridgehead atoms. The zero-order valence-corrected chi connectivity index (χ0v) is 13.1. The molecule has 0 aromatic heterocycles. The fraction of sp³-hybridized carbons (Fsp3) is 0.385. The predicted octanol–water partition coefficient (Wildman–Crippen LogP) is 2.03. The molecular weight excluding hydrogens is 328 g/mol. The molecule has 1 aromatic carbocycles. The standard InChI is InChI=1S/C13H17BrN2O2S/c1-9(6-15)7-19-8-12(17)16-13(18)10-4-2-3-5-11(10)14/h2-5,9H,6-8,15H2,1H3,(H,16,17,18). The monoisotopic (exact) mass is 344 g/mol. The van der Waals surface area contributed by atoms with Crippen molar-refractivity contribution in [3.63, 3.8) is 0 Å². The molecule has 1 unspecified atom stereocenters. The SMILES string of the molecule is CC(CN)CSCC(=O)NC(=O)c1ccccc1Br. The number of thioether (sulfide) groups is 1. The van der Waals surface area contributed by atoms with Gasteiger partial charge in [0.05, 0.1) is 11.3 Å². The highest BCUT2D eigenvalue weighted by Crippen LogP contribution is 2.15. The molecule has 4 nitrogen and oxygen atoms in total. The number of hydrogen-bond donors (Lipinski definition) is 2. The van der Waals surface area contributed by atoms with Crippen molar-refractivity contribution in [3.8, 4) is 0 Å². The van der Waals surface area contributed by atoms with Gasteiger partial charge in [-0.15, -0.1) is 0 Å². The topological polar surface area (TPSA) is 72.2 Å². The smallest absolute Gasteiger partial charge is 0.259 e. The Bertz CT molecular complexity index is 454. The molecule has 0 saturated carbocycles. The highest BCUT2D eigenvalue weighted by atomic mass is 79.9. The van der Waals surface area contributed by atoms with E-state index in [0.717, 1.165) is 5.75 Å². The molecule has 0 heterocycles. The molecule has 1 atom stereocenters. The molecule has 0 aliphatic heterocycles. The van der Waals surface area contributed by atoms with Crippen molar-refractivity contribution in [1.29, 1.82) is 0 Å². The number of amides is 2. The Morgan fingerprint density at radius 2 is 2.11 bits per heavy atom. The third-order valence-electron chi connectivity index (χ3n) is 2.41. The third-order valence-corrected chi connectivity index (χ3v) is 4.37. The van der Waals surface area contributed by atoms with Crippen LogP contribution in [0.4, 0.5) is 0 Å². The minimum Gasteiger partial charge on any atom is -0.330 e. The second-order valence-electron chi connectivity index (χ2n) is 4.21. The van der Waals surface area contributed by atoms with Gasteiger partial charge in [-0.3, -0.25) is 14.9 Å². The Kier molecular flexibility index (Phi) is 7.12. The van der Waals surface area contributed by atoms with Gasteiger partial charge in [-0.1, -0.05) is 19.1 Å². The summed E-state index contributed by atoms with van der Waals surface area (Å²) >= 11 is 4.76. The van der Waals surface area contributed by atoms with Crippen LogP contribution in [-0.2, 0) is 4.79 Å². The maximum atomic E-state index is 11.8. The van der Waals surface area contributed by atoms with E-state index >= 15 is 0 Å². The molecule has 6 heteroatoms. The molecule has 1 rings (SSSR count). The molecule has 0 radical (unpaired) electrons. The summed E-state index contributed by atoms with van der Waals surface area (Å²) < 4.78 is 0.671. The lowest BCUT2D eigenvalue weighted by atomic mass is 10.2. The number of imide groups is 1. The number of carbonyl (C=O) groups excluding carboxylic acids is 2. The Balaban J connectivity index is 2.41. The normalized spacial score (nSPS) is 11.9. The predicted molar refractivity (Wildman–Crippen MR) is 82.2 cm³/mol. The van der Waals surface area contributed by atoms with Crippen LogP contribution in [0.3, 0.4) is 0 Å². The second-order valence-corrected chi connectivity index (χ2v) is 6.10. The first-order chi connectivity index (χ1) is 9.04. The summed E-state index contributed by atoms with van der Waals surface area (Å²) in [5, 5.41) is 2.37. The van der Waals surface area contributed by atoms with Crippen LogP contribution in [0, 0.1) is 5.92 Å². The lowest BCUT2D eigenvalue weighted by Gasteiger charge is -2.08. The molecule has 19 heavy (non-hydrogen) atoms. The molecule has 0 spiro atoms. The van der Waals surface area contributed by atoms with Crippen molar-refractivity contribution in [3.05, 3.63) is 34.3 Å². The summed E-state index contributed by atoms with van der Waals surface area (Å²) in [5.41, 5.74) is 5.94. The Morgan fingerprint density at radius 3 is 2.74 bits per heavy atom. The van der Waals surface area contributed by atoms with Gasteiger partial charge in [-0.2, -0.15) is 11.8 Å². The van der Waals surface area contributed by atoms with Gasteiger partial charge in [-0.25, -0.2) is 0 Å². The van der Waals surface area contributed by atoms with Crippen LogP contribution in [0.1, 0.15) is 17.3 Å². The first-order valence-corrected chi connectivity index (χ1v) is 7.86. The van der Waals surface area contributed by atoms with Crippen LogP contribution in [0.2, 0.25) is 0 Å². The van der Waals surface area contributed by atoms with E-state index < -0.39 is 0 Å². The fourth-order valence-corrected chi connectivity index (χ4v) is 2.67. The van der Waals surface area contributed by atoms with Crippen LogP contribution in [0.25, 0.3) is 0 Å². The van der Waals surface area contributed by atoms with Gasteiger partial charge in [0.25, 0.3) is 5.91 Å². The zero-order valence-electron chi connectivity index (χ0n) is 10.7. The number of nitrogens with one attached hydrogen (secondary N) is 1. The van der Waals surface area contributed by atoms with Crippen molar-refractivity contribution in [2.45, 2.75) is 6.92 Å². The van der Waals surface area contributed by atoms with Crippen LogP contribution in [-0.4, -0.2) is 29.9 Å². The minimum absolute atomic E-state index is 0.264. The first-order valence-electron chi connectivity index (χ1n) is 5.91. The van der Waals surface area contributed by atoms with E-state index in [1.54, 1.807) is 18.2 Å². The van der Waals surface area contributed by atoms with Crippen LogP contribution >= 0.6 is 27.7 Å². The summed E-state index contributed by atoms with van der Waals surface area (Å²) in [6.45, 7) is 2.63. The lowest BCUT2D eigenvalue weighted by Crippen LogP contribution is -2.32. The molecule has 0 aliphatic carbocycles. The van der Waals surface area contributed by atoms with Gasteiger partial charge < -0.3 is 5.73 Å². The van der Waals surface area contributed by atoms with Crippen LogP contribution < -0.4 is 11.1 Å². The van der Waals surface area contributed by atoms with Crippen molar-refractivity contribution < 1.29 is 9.59 Å². The van der Waals surface area contributed by atoms with E-state index in [0.29, 0.717) is 22.5 Å². The fourth-order valence-electron chi connectivity index (χ4n) is 1.30. The summed E-state index contributed by atoms with van der Waals surface area (Å²) in [4.78, 5) is 23.4. The third kappa shape index (κ3) is 5.76. The number of hydrogen-bond acceptors (Lipinski definition) is 4. The Morgan fingerprint density at radius 1 is 1.42 bits per heavy atom. The largest absolute Gasteiger partial charge is 0.330 e. The summed E-state index contributed by atoms with van der Waals surface area (Å²) in [5.74, 6) is 0.782. The average molecular weight is 345 g/mol. The summed E-state index contributed by atoms with van der Waals surface area (Å²) in [6.07, 6.45) is 0. The van der Waals surface area contributed by atoms with Gasteiger partial charge in [0, 0.05) is 4.47 Å². The molecular formula is C13H17BrN2O2S. The summed E-state index contributed by atoms with van der Waals surface area (Å²) in [6, 6.07) is 6.99. The second kappa shape index (κ2) is 8.35. The van der Waals surface area contributed by atoms with E-state index in [1.807, 2.05) is 13.0 Å². The summed E-state index contributed by atoms with van der Waals surface area (Å²) in [7, 11) is 0. The van der Waals surface area contributed by atoms with Crippen LogP contribution in [0.15, 0.2) is 28.7 Å². The molecule has 0 fully saturated rings. The number of benzene rings is 1. The Labute approximate surface area is 125 Å². The van der Waals surface area contributed by atoms with Gasteiger partial charge in [0.2, 0.25) is 5.91 Å². The van der Waals surface area contributed by atoms with Gasteiger partial charge in [-0.05, 0) is 46.3 Å². The molecule has 0 saturated heterocycles. The van der Waals surface area contributed by atoms with Crippen molar-refractivity contribution >= 4 is 39.5 Å². The number of carbonyl (C=O) groups is 2. The highest BCUT2D eigenvalue weighted by Gasteiger charge is 2.13. The zero-order chi connectivity index (χ0) is 14.3. The van der Waals surface area contributed by atoms with Gasteiger partial charge in [0.1, 0.15) is 0 Å². The molecule has 2 amide bonds. The van der Waals surface area contributed by atoms with Gasteiger partial charge in [0.15, 0.2) is 0 Å². The molecule has 3 N–H and O–H groups in total.